The zero-order valence-electron chi connectivity index (χ0n) is 9.40. The highest BCUT2D eigenvalue weighted by Crippen LogP contribution is 2.21. The Bertz CT molecular complexity index is 332. The number of phenols is 1. The largest absolute Gasteiger partial charge is 0.508 e. The fraction of sp³-hybridized carbons (Fsp3) is 0.417. The predicted octanol–water partition coefficient (Wildman–Crippen LogP) is 2.32. The summed E-state index contributed by atoms with van der Waals surface area (Å²) in [4.78, 5) is 13.2. The van der Waals surface area contributed by atoms with Gasteiger partial charge in [-0.2, -0.15) is 0 Å². The Balaban J connectivity index is 2.80. The average molecular weight is 207 g/mol. The van der Waals surface area contributed by atoms with E-state index in [2.05, 4.69) is 0 Å². The van der Waals surface area contributed by atoms with Crippen molar-refractivity contribution in [2.45, 2.75) is 26.3 Å². The minimum Gasteiger partial charge on any atom is -0.508 e. The van der Waals surface area contributed by atoms with Gasteiger partial charge in [0.1, 0.15) is 5.75 Å². The van der Waals surface area contributed by atoms with E-state index in [1.165, 1.54) is 0 Å². The summed E-state index contributed by atoms with van der Waals surface area (Å²) in [6.45, 7) is 3.82. The number of hydrogen-bond donors (Lipinski definition) is 1. The van der Waals surface area contributed by atoms with Crippen molar-refractivity contribution in [1.29, 1.82) is 0 Å². The fourth-order valence-corrected chi connectivity index (χ4v) is 1.44. The number of carbonyl (C=O) groups is 1. The number of carbonyl (C=O) groups excluding carboxylic acids is 1. The first-order valence-electron chi connectivity index (χ1n) is 5.10. The van der Waals surface area contributed by atoms with E-state index in [0.29, 0.717) is 6.42 Å². The van der Waals surface area contributed by atoms with Gasteiger partial charge in [-0.05, 0) is 24.6 Å². The molecule has 15 heavy (non-hydrogen) atoms. The van der Waals surface area contributed by atoms with Crippen molar-refractivity contribution in [2.75, 3.05) is 7.05 Å². The molecule has 0 fully saturated rings. The van der Waals surface area contributed by atoms with Gasteiger partial charge in [0.05, 0.1) is 6.04 Å². The third kappa shape index (κ3) is 2.72. The van der Waals surface area contributed by atoms with E-state index in [9.17, 15) is 4.79 Å². The van der Waals surface area contributed by atoms with E-state index in [4.69, 9.17) is 5.11 Å². The topological polar surface area (TPSA) is 40.5 Å². The van der Waals surface area contributed by atoms with Crippen molar-refractivity contribution in [3.63, 3.8) is 0 Å². The molecule has 0 saturated heterocycles. The van der Waals surface area contributed by atoms with Crippen molar-refractivity contribution in [1.82, 2.24) is 4.90 Å². The lowest BCUT2D eigenvalue weighted by Crippen LogP contribution is -2.28. The molecule has 0 aromatic heterocycles. The van der Waals surface area contributed by atoms with Crippen molar-refractivity contribution in [2.24, 2.45) is 0 Å². The highest BCUT2D eigenvalue weighted by molar-refractivity contribution is 5.76. The van der Waals surface area contributed by atoms with Crippen LogP contribution in [0.25, 0.3) is 0 Å². The van der Waals surface area contributed by atoms with Crippen LogP contribution in [0.1, 0.15) is 31.9 Å². The summed E-state index contributed by atoms with van der Waals surface area (Å²) in [5.74, 6) is 0.367. The first-order chi connectivity index (χ1) is 7.06. The number of rotatable bonds is 3. The summed E-state index contributed by atoms with van der Waals surface area (Å²) < 4.78 is 0. The molecule has 0 radical (unpaired) electrons. The molecule has 0 aliphatic carbocycles. The number of aromatic hydroxyl groups is 1. The number of amides is 1. The smallest absolute Gasteiger partial charge is 0.222 e. The SMILES string of the molecule is CCC(=O)N(C)C(C)c1ccc(O)cc1. The number of phenolic OH excluding ortho intramolecular Hbond substituents is 1. The quantitative estimate of drug-likeness (QED) is 0.826. The summed E-state index contributed by atoms with van der Waals surface area (Å²) >= 11 is 0. The molecule has 1 rings (SSSR count). The fourth-order valence-electron chi connectivity index (χ4n) is 1.44. The van der Waals surface area contributed by atoms with Gasteiger partial charge in [0, 0.05) is 13.5 Å². The summed E-state index contributed by atoms with van der Waals surface area (Å²) in [6.07, 6.45) is 0.513. The maximum Gasteiger partial charge on any atom is 0.222 e. The molecule has 0 aliphatic heterocycles. The lowest BCUT2D eigenvalue weighted by Gasteiger charge is -2.24. The van der Waals surface area contributed by atoms with E-state index in [0.717, 1.165) is 5.56 Å². The van der Waals surface area contributed by atoms with Crippen LogP contribution >= 0.6 is 0 Å². The molecule has 0 bridgehead atoms. The van der Waals surface area contributed by atoms with Crippen LogP contribution in [0.5, 0.6) is 5.75 Å². The Morgan fingerprint density at radius 2 is 1.93 bits per heavy atom. The molecule has 0 aliphatic rings. The molecule has 82 valence electrons. The van der Waals surface area contributed by atoms with Crippen molar-refractivity contribution < 1.29 is 9.90 Å². The van der Waals surface area contributed by atoms with Crippen LogP contribution in [0.3, 0.4) is 0 Å². The van der Waals surface area contributed by atoms with Gasteiger partial charge in [0.25, 0.3) is 0 Å². The Morgan fingerprint density at radius 3 is 2.40 bits per heavy atom. The summed E-state index contributed by atoms with van der Waals surface area (Å²) in [6, 6.07) is 6.98. The molecular weight excluding hydrogens is 190 g/mol. The average Bonchev–Trinajstić information content (AvgIpc) is 2.27. The second kappa shape index (κ2) is 4.82. The van der Waals surface area contributed by atoms with Crippen LogP contribution in [0, 0.1) is 0 Å². The lowest BCUT2D eigenvalue weighted by molar-refractivity contribution is -0.131. The zero-order chi connectivity index (χ0) is 11.4. The highest BCUT2D eigenvalue weighted by Gasteiger charge is 2.15. The van der Waals surface area contributed by atoms with Crippen molar-refractivity contribution in [3.05, 3.63) is 29.8 Å². The Labute approximate surface area is 90.3 Å². The lowest BCUT2D eigenvalue weighted by atomic mass is 10.1. The molecule has 3 nitrogen and oxygen atoms in total. The maximum atomic E-state index is 11.5. The third-order valence-corrected chi connectivity index (χ3v) is 2.65. The Morgan fingerprint density at radius 1 is 1.40 bits per heavy atom. The first-order valence-corrected chi connectivity index (χ1v) is 5.10. The Kier molecular flexibility index (Phi) is 3.72. The maximum absolute atomic E-state index is 11.5. The van der Waals surface area contributed by atoms with Crippen LogP contribution in [0.2, 0.25) is 0 Å². The Hall–Kier alpha value is -1.51. The second-order valence-corrected chi connectivity index (χ2v) is 3.63. The monoisotopic (exact) mass is 207 g/mol. The third-order valence-electron chi connectivity index (χ3n) is 2.65. The minimum atomic E-state index is 0.0399. The molecule has 1 atom stereocenters. The molecule has 1 aromatic rings. The van der Waals surface area contributed by atoms with E-state index >= 15 is 0 Å². The minimum absolute atomic E-state index is 0.0399. The van der Waals surface area contributed by atoms with Crippen LogP contribution in [-0.4, -0.2) is 23.0 Å². The molecule has 1 aromatic carbocycles. The summed E-state index contributed by atoms with van der Waals surface area (Å²) in [7, 11) is 1.79. The molecule has 1 N–H and O–H groups in total. The van der Waals surface area contributed by atoms with E-state index < -0.39 is 0 Å². The standard InChI is InChI=1S/C12H17NO2/c1-4-12(15)13(3)9(2)10-5-7-11(14)8-6-10/h5-9,14H,4H2,1-3H3. The number of hydrogen-bond acceptors (Lipinski definition) is 2. The van der Waals surface area contributed by atoms with Gasteiger partial charge >= 0.3 is 0 Å². The zero-order valence-corrected chi connectivity index (χ0v) is 9.40. The van der Waals surface area contributed by atoms with E-state index in [-0.39, 0.29) is 17.7 Å². The molecule has 0 spiro atoms. The molecular formula is C12H17NO2. The first kappa shape index (κ1) is 11.6. The van der Waals surface area contributed by atoms with Gasteiger partial charge in [-0.3, -0.25) is 4.79 Å². The van der Waals surface area contributed by atoms with Crippen LogP contribution in [0.15, 0.2) is 24.3 Å². The highest BCUT2D eigenvalue weighted by atomic mass is 16.3. The summed E-state index contributed by atoms with van der Waals surface area (Å²) in [5, 5.41) is 9.15. The van der Waals surface area contributed by atoms with Gasteiger partial charge in [-0.25, -0.2) is 0 Å². The van der Waals surface area contributed by atoms with Gasteiger partial charge < -0.3 is 10.0 Å². The van der Waals surface area contributed by atoms with Crippen LogP contribution in [-0.2, 0) is 4.79 Å². The predicted molar refractivity (Wildman–Crippen MR) is 59.6 cm³/mol. The molecule has 0 saturated carbocycles. The van der Waals surface area contributed by atoms with Crippen LogP contribution < -0.4 is 0 Å². The van der Waals surface area contributed by atoms with Crippen LogP contribution in [0.4, 0.5) is 0 Å². The number of nitrogens with zero attached hydrogens (tertiary/aromatic N) is 1. The summed E-state index contributed by atoms with van der Waals surface area (Å²) in [5.41, 5.74) is 1.03. The van der Waals surface area contributed by atoms with Gasteiger partial charge in [-0.15, -0.1) is 0 Å². The van der Waals surface area contributed by atoms with E-state index in [1.807, 2.05) is 26.0 Å². The van der Waals surface area contributed by atoms with Crippen molar-refractivity contribution >= 4 is 5.91 Å². The molecule has 1 amide bonds. The van der Waals surface area contributed by atoms with Gasteiger partial charge in [-0.1, -0.05) is 19.1 Å². The van der Waals surface area contributed by atoms with Gasteiger partial charge in [0.15, 0.2) is 0 Å². The second-order valence-electron chi connectivity index (χ2n) is 3.63. The van der Waals surface area contributed by atoms with E-state index in [1.54, 1.807) is 24.1 Å². The van der Waals surface area contributed by atoms with Crippen molar-refractivity contribution in [3.8, 4) is 5.75 Å². The normalized spacial score (nSPS) is 12.2. The molecule has 3 heteroatoms. The number of benzene rings is 1. The van der Waals surface area contributed by atoms with Gasteiger partial charge in [0.2, 0.25) is 5.91 Å². The molecule has 0 heterocycles. The molecule has 1 unspecified atom stereocenters.